The minimum Gasteiger partial charge on any atom is -0.357 e. The van der Waals surface area contributed by atoms with E-state index < -0.39 is 9.84 Å². The van der Waals surface area contributed by atoms with Gasteiger partial charge in [-0.3, -0.25) is 4.99 Å². The van der Waals surface area contributed by atoms with Gasteiger partial charge in [0, 0.05) is 25.4 Å². The molecular weight excluding hydrogens is 473 g/mol. The van der Waals surface area contributed by atoms with E-state index in [1.807, 2.05) is 13.8 Å². The van der Waals surface area contributed by atoms with Crippen LogP contribution in [0.15, 0.2) is 47.5 Å². The Bertz CT molecular complexity index is 848. The lowest BCUT2D eigenvalue weighted by Crippen LogP contribution is -2.43. The maximum atomic E-state index is 11.3. The number of hydrogen-bond acceptors (Lipinski definition) is 3. The summed E-state index contributed by atoms with van der Waals surface area (Å²) in [5.41, 5.74) is 1.29. The van der Waals surface area contributed by atoms with Crippen molar-refractivity contribution in [2.24, 2.45) is 4.99 Å². The third-order valence-corrected chi connectivity index (χ3v) is 5.16. The molecule has 2 aromatic carbocycles. The third-order valence-electron chi connectivity index (χ3n) is 4.18. The second-order valence-corrected chi connectivity index (χ2v) is 8.87. The van der Waals surface area contributed by atoms with Crippen LogP contribution in [0.4, 0.5) is 0 Å². The fourth-order valence-corrected chi connectivity index (χ4v) is 3.60. The molecule has 150 valence electrons. The van der Waals surface area contributed by atoms with Crippen LogP contribution in [0.2, 0.25) is 0 Å². The zero-order valence-corrected chi connectivity index (χ0v) is 19.4. The molecular formula is C20H30IN3O2S. The molecule has 1 atom stereocenters. The normalized spacial score (nSPS) is 13.1. The molecule has 0 bridgehead atoms. The van der Waals surface area contributed by atoms with Crippen molar-refractivity contribution in [3.8, 4) is 0 Å². The Hall–Kier alpha value is -1.35. The minimum absolute atomic E-state index is 0. The van der Waals surface area contributed by atoms with Gasteiger partial charge in [-0.2, -0.15) is 0 Å². The second kappa shape index (κ2) is 11.5. The predicted octanol–water partition coefficient (Wildman–Crippen LogP) is 3.38. The molecule has 0 radical (unpaired) electrons. The molecule has 0 spiro atoms. The van der Waals surface area contributed by atoms with Crippen molar-refractivity contribution in [2.75, 3.05) is 25.1 Å². The quantitative estimate of drug-likeness (QED) is 0.329. The van der Waals surface area contributed by atoms with E-state index in [0.717, 1.165) is 18.9 Å². The van der Waals surface area contributed by atoms with E-state index in [9.17, 15) is 8.42 Å². The number of aliphatic imine (C=N–C) groups is 1. The van der Waals surface area contributed by atoms with Gasteiger partial charge in [0.1, 0.15) is 9.84 Å². The Morgan fingerprint density at radius 1 is 1.15 bits per heavy atom. The first-order valence-electron chi connectivity index (χ1n) is 9.08. The summed E-state index contributed by atoms with van der Waals surface area (Å²) in [7, 11) is -2.94. The first kappa shape index (κ1) is 23.7. The van der Waals surface area contributed by atoms with Gasteiger partial charge >= 0.3 is 0 Å². The van der Waals surface area contributed by atoms with Gasteiger partial charge in [-0.15, -0.1) is 24.0 Å². The summed E-state index contributed by atoms with van der Waals surface area (Å²) in [5.74, 6) is 0.907. The van der Waals surface area contributed by atoms with E-state index >= 15 is 0 Å². The number of halogens is 1. The fourth-order valence-electron chi connectivity index (χ4n) is 2.82. The van der Waals surface area contributed by atoms with Gasteiger partial charge in [0.25, 0.3) is 0 Å². The Morgan fingerprint density at radius 2 is 1.85 bits per heavy atom. The zero-order chi connectivity index (χ0) is 19.0. The molecule has 5 nitrogen and oxygen atoms in total. The monoisotopic (exact) mass is 503 g/mol. The summed E-state index contributed by atoms with van der Waals surface area (Å²) < 4.78 is 22.6. The van der Waals surface area contributed by atoms with Gasteiger partial charge in [-0.25, -0.2) is 8.42 Å². The highest BCUT2D eigenvalue weighted by Crippen LogP contribution is 2.18. The summed E-state index contributed by atoms with van der Waals surface area (Å²) in [6, 6.07) is 14.8. The first-order valence-corrected chi connectivity index (χ1v) is 11.1. The van der Waals surface area contributed by atoms with Crippen LogP contribution in [0.3, 0.4) is 0 Å². The maximum absolute atomic E-state index is 11.3. The molecule has 1 unspecified atom stereocenters. The van der Waals surface area contributed by atoms with Crippen LogP contribution in [0, 0.1) is 0 Å². The van der Waals surface area contributed by atoms with Gasteiger partial charge in [0.2, 0.25) is 0 Å². The van der Waals surface area contributed by atoms with Gasteiger partial charge in [-0.05, 0) is 43.0 Å². The van der Waals surface area contributed by atoms with E-state index in [-0.39, 0.29) is 35.8 Å². The number of benzene rings is 2. The van der Waals surface area contributed by atoms with Gasteiger partial charge < -0.3 is 10.6 Å². The number of sulfone groups is 1. The lowest BCUT2D eigenvalue weighted by atomic mass is 10.0. The van der Waals surface area contributed by atoms with Crippen LogP contribution < -0.4 is 10.6 Å². The smallest absolute Gasteiger partial charge is 0.191 e. The molecule has 0 aliphatic heterocycles. The SMILES string of the molecule is CCNC(=NCCc1cccc2ccccc12)NC(C)CCS(C)(=O)=O.I. The maximum Gasteiger partial charge on any atom is 0.191 e. The number of fused-ring (bicyclic) bond motifs is 1. The zero-order valence-electron chi connectivity index (χ0n) is 16.2. The average Bonchev–Trinajstić information content (AvgIpc) is 2.60. The van der Waals surface area contributed by atoms with Crippen molar-refractivity contribution in [3.05, 3.63) is 48.0 Å². The van der Waals surface area contributed by atoms with Crippen LogP contribution >= 0.6 is 24.0 Å². The third kappa shape index (κ3) is 8.47. The van der Waals surface area contributed by atoms with E-state index in [0.29, 0.717) is 13.0 Å². The minimum atomic E-state index is -2.94. The summed E-state index contributed by atoms with van der Waals surface area (Å²) in [6.07, 6.45) is 2.69. The van der Waals surface area contributed by atoms with E-state index in [1.165, 1.54) is 22.6 Å². The van der Waals surface area contributed by atoms with Crippen LogP contribution in [0.1, 0.15) is 25.8 Å². The topological polar surface area (TPSA) is 70.6 Å². The number of nitrogens with one attached hydrogen (secondary N) is 2. The molecule has 27 heavy (non-hydrogen) atoms. The lowest BCUT2D eigenvalue weighted by Gasteiger charge is -2.17. The molecule has 0 amide bonds. The van der Waals surface area contributed by atoms with Crippen LogP contribution in [-0.4, -0.2) is 45.5 Å². The first-order chi connectivity index (χ1) is 12.4. The van der Waals surface area contributed by atoms with Gasteiger partial charge in [0.15, 0.2) is 5.96 Å². The molecule has 0 aromatic heterocycles. The van der Waals surface area contributed by atoms with Crippen molar-refractivity contribution in [1.29, 1.82) is 0 Å². The molecule has 0 saturated heterocycles. The predicted molar refractivity (Wildman–Crippen MR) is 126 cm³/mol. The summed E-state index contributed by atoms with van der Waals surface area (Å²) >= 11 is 0. The van der Waals surface area contributed by atoms with Crippen molar-refractivity contribution >= 4 is 50.5 Å². The van der Waals surface area contributed by atoms with Crippen molar-refractivity contribution < 1.29 is 8.42 Å². The Morgan fingerprint density at radius 3 is 2.56 bits per heavy atom. The van der Waals surface area contributed by atoms with Crippen molar-refractivity contribution in [1.82, 2.24) is 10.6 Å². The number of guanidine groups is 1. The summed E-state index contributed by atoms with van der Waals surface area (Å²) in [4.78, 5) is 4.64. The molecule has 7 heteroatoms. The largest absolute Gasteiger partial charge is 0.357 e. The highest BCUT2D eigenvalue weighted by molar-refractivity contribution is 14.0. The highest BCUT2D eigenvalue weighted by Gasteiger charge is 2.09. The molecule has 0 fully saturated rings. The Labute approximate surface area is 180 Å². The van der Waals surface area contributed by atoms with Gasteiger partial charge in [0.05, 0.1) is 5.75 Å². The summed E-state index contributed by atoms with van der Waals surface area (Å²) in [6.45, 7) is 5.42. The molecule has 2 aromatic rings. The van der Waals surface area contributed by atoms with Crippen LogP contribution in [0.5, 0.6) is 0 Å². The standard InChI is InChI=1S/C20H29N3O2S.HI/c1-4-21-20(23-16(2)13-15-26(3,24)25)22-14-12-18-10-7-9-17-8-5-6-11-19(17)18;/h5-11,16H,4,12-15H2,1-3H3,(H2,21,22,23);1H. The average molecular weight is 503 g/mol. The number of hydrogen-bond donors (Lipinski definition) is 2. The van der Waals surface area contributed by atoms with E-state index in [1.54, 1.807) is 0 Å². The second-order valence-electron chi connectivity index (χ2n) is 6.61. The van der Waals surface area contributed by atoms with E-state index in [4.69, 9.17) is 0 Å². The number of nitrogens with zero attached hydrogens (tertiary/aromatic N) is 1. The Balaban J connectivity index is 0.00000364. The molecule has 0 saturated carbocycles. The van der Waals surface area contributed by atoms with Crippen LogP contribution in [-0.2, 0) is 16.3 Å². The molecule has 0 aliphatic rings. The molecule has 0 heterocycles. The highest BCUT2D eigenvalue weighted by atomic mass is 127. The fraction of sp³-hybridized carbons (Fsp3) is 0.450. The Kier molecular flexibility index (Phi) is 10.1. The van der Waals surface area contributed by atoms with Crippen LogP contribution in [0.25, 0.3) is 10.8 Å². The molecule has 0 aliphatic carbocycles. The van der Waals surface area contributed by atoms with Crippen molar-refractivity contribution in [3.63, 3.8) is 0 Å². The molecule has 2 N–H and O–H groups in total. The lowest BCUT2D eigenvalue weighted by molar-refractivity contribution is 0.581. The molecule has 2 rings (SSSR count). The summed E-state index contributed by atoms with van der Waals surface area (Å²) in [5, 5.41) is 9.02. The number of rotatable bonds is 8. The van der Waals surface area contributed by atoms with Crippen molar-refractivity contribution in [2.45, 2.75) is 32.7 Å². The van der Waals surface area contributed by atoms with Gasteiger partial charge in [-0.1, -0.05) is 42.5 Å². The van der Waals surface area contributed by atoms with E-state index in [2.05, 4.69) is 58.1 Å².